The van der Waals surface area contributed by atoms with Crippen LogP contribution in [0.4, 0.5) is 17.1 Å². The Labute approximate surface area is 189 Å². The quantitative estimate of drug-likeness (QED) is 0.412. The molecule has 0 bridgehead atoms. The maximum absolute atomic E-state index is 4.62. The summed E-state index contributed by atoms with van der Waals surface area (Å²) in [6.45, 7) is 11.1. The Balaban J connectivity index is 1.36. The van der Waals surface area contributed by atoms with Gasteiger partial charge in [-0.1, -0.05) is 13.8 Å². The average molecular weight is 429 g/mol. The van der Waals surface area contributed by atoms with E-state index in [1.165, 1.54) is 18.5 Å². The van der Waals surface area contributed by atoms with Gasteiger partial charge in [0, 0.05) is 48.1 Å². The fourth-order valence-electron chi connectivity index (χ4n) is 4.98. The van der Waals surface area contributed by atoms with Gasteiger partial charge >= 0.3 is 0 Å². The first-order valence-electron chi connectivity index (χ1n) is 11.6. The molecule has 0 aliphatic carbocycles. The zero-order chi connectivity index (χ0) is 22.2. The molecule has 6 heteroatoms. The van der Waals surface area contributed by atoms with Gasteiger partial charge in [-0.3, -0.25) is 9.50 Å². The van der Waals surface area contributed by atoms with Gasteiger partial charge in [-0.2, -0.15) is 5.10 Å². The lowest BCUT2D eigenvalue weighted by atomic mass is 9.86. The largest absolute Gasteiger partial charge is 0.372 e. The Morgan fingerprint density at radius 1 is 1.03 bits per heavy atom. The summed E-state index contributed by atoms with van der Waals surface area (Å²) in [6, 6.07) is 13.0. The highest BCUT2D eigenvalue weighted by molar-refractivity contribution is 5.79. The Morgan fingerprint density at radius 3 is 2.44 bits per heavy atom. The Bertz CT molecular complexity index is 1190. The fraction of sp³-hybridized carbons (Fsp3) is 0.385. The molecule has 1 aliphatic heterocycles. The summed E-state index contributed by atoms with van der Waals surface area (Å²) in [5.41, 5.74) is 8.55. The molecule has 3 aromatic heterocycles. The summed E-state index contributed by atoms with van der Waals surface area (Å²) in [6.07, 6.45) is 6.43. The number of hydrogen-bond acceptors (Lipinski definition) is 4. The van der Waals surface area contributed by atoms with Gasteiger partial charge in [-0.25, -0.2) is 4.98 Å². The average Bonchev–Trinajstić information content (AvgIpc) is 3.42. The van der Waals surface area contributed by atoms with Gasteiger partial charge in [-0.15, -0.1) is 0 Å². The number of piperidine rings is 1. The second-order valence-corrected chi connectivity index (χ2v) is 9.30. The molecule has 6 nitrogen and oxygen atoms in total. The zero-order valence-electron chi connectivity index (χ0n) is 19.4. The number of hydrogen-bond donors (Lipinski definition) is 2. The van der Waals surface area contributed by atoms with E-state index in [0.717, 1.165) is 64.6 Å². The number of nitrogens with one attached hydrogen (secondary N) is 2. The lowest BCUT2D eigenvalue weighted by Crippen LogP contribution is -2.35. The van der Waals surface area contributed by atoms with Crippen LogP contribution in [-0.4, -0.2) is 32.7 Å². The minimum atomic E-state index is 0.788. The number of rotatable bonds is 5. The molecule has 0 spiro atoms. The lowest BCUT2D eigenvalue weighted by molar-refractivity contribution is 0.311. The molecule has 1 saturated heterocycles. The van der Waals surface area contributed by atoms with Crippen LogP contribution in [0.3, 0.4) is 0 Å². The third-order valence-electron chi connectivity index (χ3n) is 6.93. The van der Waals surface area contributed by atoms with Crippen molar-refractivity contribution in [2.24, 2.45) is 11.8 Å². The standard InChI is InChI=1S/C26H32N6/c1-17(2)20-11-14-31(15-12-20)22-7-5-21(6-8-22)28-23-9-10-24(32-16-13-27-26(23)32)25-18(3)29-30-19(25)4/h5-10,13,16-17,20,28H,11-12,14-15H2,1-4H3,(H,29,30). The van der Waals surface area contributed by atoms with Crippen LogP contribution in [0.1, 0.15) is 38.1 Å². The second-order valence-electron chi connectivity index (χ2n) is 9.30. The third-order valence-corrected chi connectivity index (χ3v) is 6.93. The van der Waals surface area contributed by atoms with Crippen molar-refractivity contribution in [3.63, 3.8) is 0 Å². The van der Waals surface area contributed by atoms with Crippen molar-refractivity contribution in [3.8, 4) is 11.3 Å². The molecule has 0 atom stereocenters. The smallest absolute Gasteiger partial charge is 0.161 e. The van der Waals surface area contributed by atoms with Gasteiger partial charge in [-0.05, 0) is 74.9 Å². The number of H-pyrrole nitrogens is 1. The van der Waals surface area contributed by atoms with Gasteiger partial charge in [0.15, 0.2) is 5.65 Å². The first kappa shape index (κ1) is 20.6. The van der Waals surface area contributed by atoms with Crippen LogP contribution in [0.15, 0.2) is 48.8 Å². The minimum Gasteiger partial charge on any atom is -0.372 e. The van der Waals surface area contributed by atoms with E-state index in [1.54, 1.807) is 0 Å². The van der Waals surface area contributed by atoms with Crippen LogP contribution in [0.5, 0.6) is 0 Å². The number of fused-ring (bicyclic) bond motifs is 1. The number of aromatic amines is 1. The third kappa shape index (κ3) is 3.74. The van der Waals surface area contributed by atoms with E-state index in [4.69, 9.17) is 0 Å². The first-order valence-corrected chi connectivity index (χ1v) is 11.6. The normalized spacial score (nSPS) is 15.1. The molecule has 1 aromatic carbocycles. The van der Waals surface area contributed by atoms with Crippen molar-refractivity contribution in [3.05, 3.63) is 60.2 Å². The molecule has 0 radical (unpaired) electrons. The lowest BCUT2D eigenvalue weighted by Gasteiger charge is -2.35. The molecular formula is C26H32N6. The van der Waals surface area contributed by atoms with Crippen LogP contribution < -0.4 is 10.2 Å². The maximum atomic E-state index is 4.62. The molecule has 32 heavy (non-hydrogen) atoms. The van der Waals surface area contributed by atoms with Crippen LogP contribution in [0.25, 0.3) is 16.9 Å². The summed E-state index contributed by atoms with van der Waals surface area (Å²) in [5, 5.41) is 11.0. The van der Waals surface area contributed by atoms with E-state index < -0.39 is 0 Å². The van der Waals surface area contributed by atoms with Crippen LogP contribution in [0.2, 0.25) is 0 Å². The van der Waals surface area contributed by atoms with Crippen molar-refractivity contribution in [2.75, 3.05) is 23.3 Å². The maximum Gasteiger partial charge on any atom is 0.161 e. The topological polar surface area (TPSA) is 61.2 Å². The monoisotopic (exact) mass is 428 g/mol. The van der Waals surface area contributed by atoms with E-state index >= 15 is 0 Å². The number of aryl methyl sites for hydroxylation is 2. The van der Waals surface area contributed by atoms with Crippen molar-refractivity contribution >= 4 is 22.7 Å². The summed E-state index contributed by atoms with van der Waals surface area (Å²) in [5.74, 6) is 1.65. The van der Waals surface area contributed by atoms with E-state index in [9.17, 15) is 0 Å². The van der Waals surface area contributed by atoms with Gasteiger partial charge < -0.3 is 10.2 Å². The second kappa shape index (κ2) is 8.34. The zero-order valence-corrected chi connectivity index (χ0v) is 19.4. The molecule has 1 fully saturated rings. The number of benzene rings is 1. The highest BCUT2D eigenvalue weighted by Gasteiger charge is 2.21. The molecule has 0 unspecified atom stereocenters. The number of anilines is 3. The molecule has 0 saturated carbocycles. The molecular weight excluding hydrogens is 396 g/mol. The predicted octanol–water partition coefficient (Wildman–Crippen LogP) is 5.96. The molecule has 5 rings (SSSR count). The highest BCUT2D eigenvalue weighted by Crippen LogP contribution is 2.32. The van der Waals surface area contributed by atoms with Gasteiger partial charge in [0.25, 0.3) is 0 Å². The van der Waals surface area contributed by atoms with Crippen molar-refractivity contribution in [1.29, 1.82) is 0 Å². The fourth-order valence-corrected chi connectivity index (χ4v) is 4.98. The van der Waals surface area contributed by atoms with E-state index in [-0.39, 0.29) is 0 Å². The molecule has 166 valence electrons. The van der Waals surface area contributed by atoms with E-state index in [1.807, 2.05) is 19.3 Å². The summed E-state index contributed by atoms with van der Waals surface area (Å²) in [4.78, 5) is 7.13. The molecule has 4 heterocycles. The SMILES string of the molecule is Cc1n[nH]c(C)c1-c1ccc(Nc2ccc(N3CCC(C(C)C)CC3)cc2)c2nccn12. The van der Waals surface area contributed by atoms with Crippen molar-refractivity contribution in [2.45, 2.75) is 40.5 Å². The first-order chi connectivity index (χ1) is 15.5. The van der Waals surface area contributed by atoms with Crippen LogP contribution >= 0.6 is 0 Å². The van der Waals surface area contributed by atoms with Gasteiger partial charge in [0.05, 0.1) is 17.1 Å². The Hall–Kier alpha value is -3.28. The summed E-state index contributed by atoms with van der Waals surface area (Å²) >= 11 is 0. The van der Waals surface area contributed by atoms with E-state index in [0.29, 0.717) is 0 Å². The highest BCUT2D eigenvalue weighted by atomic mass is 15.1. The molecule has 2 N–H and O–H groups in total. The predicted molar refractivity (Wildman–Crippen MR) is 132 cm³/mol. The number of imidazole rings is 1. The Morgan fingerprint density at radius 2 is 1.78 bits per heavy atom. The van der Waals surface area contributed by atoms with Gasteiger partial charge in [0.2, 0.25) is 0 Å². The minimum absolute atomic E-state index is 0.788. The van der Waals surface area contributed by atoms with E-state index in [2.05, 4.69) is 87.0 Å². The molecule has 0 amide bonds. The molecule has 4 aromatic rings. The summed E-state index contributed by atoms with van der Waals surface area (Å²) < 4.78 is 2.13. The number of aromatic nitrogens is 4. The number of pyridine rings is 1. The Kier molecular flexibility index (Phi) is 5.37. The van der Waals surface area contributed by atoms with Crippen molar-refractivity contribution < 1.29 is 0 Å². The van der Waals surface area contributed by atoms with Crippen molar-refractivity contribution in [1.82, 2.24) is 19.6 Å². The van der Waals surface area contributed by atoms with Crippen LogP contribution in [0, 0.1) is 25.7 Å². The van der Waals surface area contributed by atoms with Gasteiger partial charge in [0.1, 0.15) is 0 Å². The van der Waals surface area contributed by atoms with Crippen LogP contribution in [-0.2, 0) is 0 Å². The number of nitrogens with zero attached hydrogens (tertiary/aromatic N) is 4. The molecule has 1 aliphatic rings. The summed E-state index contributed by atoms with van der Waals surface area (Å²) in [7, 11) is 0.